The van der Waals surface area contributed by atoms with Gasteiger partial charge in [-0.25, -0.2) is 0 Å². The van der Waals surface area contributed by atoms with Crippen LogP contribution in [0.3, 0.4) is 0 Å². The van der Waals surface area contributed by atoms with Crippen molar-refractivity contribution >= 4 is 18.3 Å². The Morgan fingerprint density at radius 3 is 2.53 bits per heavy atom. The standard InChI is InChI=1S/C12H18N2O2.ClH/c1-9(14-12(16)8-13)7-11(15)10-5-3-2-4-6-10;/h2-6,9,11,15H,7-8,13H2,1H3,(H,14,16);1H. The lowest BCUT2D eigenvalue weighted by atomic mass is 10.0. The number of hydrogen-bond acceptors (Lipinski definition) is 3. The largest absolute Gasteiger partial charge is 0.388 e. The summed E-state index contributed by atoms with van der Waals surface area (Å²) in [4.78, 5) is 11.0. The van der Waals surface area contributed by atoms with Gasteiger partial charge in [-0.05, 0) is 18.9 Å². The van der Waals surface area contributed by atoms with E-state index in [0.29, 0.717) is 6.42 Å². The predicted octanol–water partition coefficient (Wildman–Crippen LogP) is 0.995. The van der Waals surface area contributed by atoms with Crippen molar-refractivity contribution in [3.05, 3.63) is 35.9 Å². The number of benzene rings is 1. The highest BCUT2D eigenvalue weighted by atomic mass is 35.5. The molecule has 0 saturated heterocycles. The van der Waals surface area contributed by atoms with E-state index in [1.807, 2.05) is 37.3 Å². The van der Waals surface area contributed by atoms with Gasteiger partial charge in [0.25, 0.3) is 0 Å². The van der Waals surface area contributed by atoms with Crippen LogP contribution < -0.4 is 11.1 Å². The fourth-order valence-electron chi connectivity index (χ4n) is 1.54. The molecule has 96 valence electrons. The summed E-state index contributed by atoms with van der Waals surface area (Å²) < 4.78 is 0. The second kappa shape index (κ2) is 8.06. The van der Waals surface area contributed by atoms with Gasteiger partial charge in [-0.3, -0.25) is 4.79 Å². The minimum absolute atomic E-state index is 0. The van der Waals surface area contributed by atoms with Crippen molar-refractivity contribution in [1.82, 2.24) is 5.32 Å². The smallest absolute Gasteiger partial charge is 0.233 e. The molecule has 2 atom stereocenters. The molecular weight excluding hydrogens is 240 g/mol. The van der Waals surface area contributed by atoms with Crippen LogP contribution in [0.25, 0.3) is 0 Å². The Labute approximate surface area is 108 Å². The zero-order valence-electron chi connectivity index (χ0n) is 9.80. The van der Waals surface area contributed by atoms with Gasteiger partial charge in [0.1, 0.15) is 0 Å². The molecule has 1 amide bonds. The quantitative estimate of drug-likeness (QED) is 0.737. The summed E-state index contributed by atoms with van der Waals surface area (Å²) in [5.74, 6) is -0.201. The molecule has 0 fully saturated rings. The van der Waals surface area contributed by atoms with Crippen LogP contribution in [0.15, 0.2) is 30.3 Å². The van der Waals surface area contributed by atoms with E-state index >= 15 is 0 Å². The van der Waals surface area contributed by atoms with E-state index in [1.54, 1.807) is 0 Å². The highest BCUT2D eigenvalue weighted by Crippen LogP contribution is 2.17. The zero-order valence-corrected chi connectivity index (χ0v) is 10.6. The maximum Gasteiger partial charge on any atom is 0.233 e. The number of halogens is 1. The van der Waals surface area contributed by atoms with Crippen molar-refractivity contribution in [1.29, 1.82) is 0 Å². The molecule has 5 heteroatoms. The summed E-state index contributed by atoms with van der Waals surface area (Å²) in [6.45, 7) is 1.82. The monoisotopic (exact) mass is 258 g/mol. The maximum atomic E-state index is 11.0. The maximum absolute atomic E-state index is 11.0. The van der Waals surface area contributed by atoms with Crippen LogP contribution in [0.5, 0.6) is 0 Å². The third kappa shape index (κ3) is 5.68. The number of aliphatic hydroxyl groups excluding tert-OH is 1. The molecular formula is C12H19ClN2O2. The number of carbonyl (C=O) groups excluding carboxylic acids is 1. The minimum atomic E-state index is -0.561. The molecule has 0 radical (unpaired) electrons. The first-order chi connectivity index (χ1) is 7.63. The van der Waals surface area contributed by atoms with Gasteiger partial charge in [-0.15, -0.1) is 12.4 Å². The van der Waals surface area contributed by atoms with Gasteiger partial charge in [0.2, 0.25) is 5.91 Å². The van der Waals surface area contributed by atoms with Crippen LogP contribution in [0.4, 0.5) is 0 Å². The second-order valence-electron chi connectivity index (χ2n) is 3.83. The van der Waals surface area contributed by atoms with E-state index in [2.05, 4.69) is 5.32 Å². The molecule has 0 aliphatic carbocycles. The average molecular weight is 259 g/mol. The average Bonchev–Trinajstić information content (AvgIpc) is 2.29. The Bertz CT molecular complexity index is 333. The van der Waals surface area contributed by atoms with Crippen LogP contribution in [-0.4, -0.2) is 23.6 Å². The van der Waals surface area contributed by atoms with Gasteiger partial charge in [0.15, 0.2) is 0 Å². The second-order valence-corrected chi connectivity index (χ2v) is 3.83. The zero-order chi connectivity index (χ0) is 12.0. The van der Waals surface area contributed by atoms with E-state index in [1.165, 1.54) is 0 Å². The first-order valence-electron chi connectivity index (χ1n) is 5.36. The van der Waals surface area contributed by atoms with Crippen LogP contribution in [0, 0.1) is 0 Å². The summed E-state index contributed by atoms with van der Waals surface area (Å²) >= 11 is 0. The third-order valence-corrected chi connectivity index (χ3v) is 2.35. The molecule has 1 aromatic rings. The molecule has 2 unspecified atom stereocenters. The van der Waals surface area contributed by atoms with Crippen LogP contribution in [-0.2, 0) is 4.79 Å². The molecule has 0 bridgehead atoms. The molecule has 0 spiro atoms. The highest BCUT2D eigenvalue weighted by molar-refractivity contribution is 5.85. The summed E-state index contributed by atoms with van der Waals surface area (Å²) in [7, 11) is 0. The molecule has 0 saturated carbocycles. The molecule has 1 aromatic carbocycles. The summed E-state index contributed by atoms with van der Waals surface area (Å²) in [5, 5.41) is 12.6. The first kappa shape index (κ1) is 15.9. The summed E-state index contributed by atoms with van der Waals surface area (Å²) in [6.07, 6.45) is -0.0790. The predicted molar refractivity (Wildman–Crippen MR) is 69.9 cm³/mol. The van der Waals surface area contributed by atoms with E-state index in [4.69, 9.17) is 5.73 Å². The number of aliphatic hydroxyl groups is 1. The minimum Gasteiger partial charge on any atom is -0.388 e. The van der Waals surface area contributed by atoms with Gasteiger partial charge in [0, 0.05) is 6.04 Å². The summed E-state index contributed by atoms with van der Waals surface area (Å²) in [6, 6.07) is 9.29. The Kier molecular flexibility index (Phi) is 7.54. The molecule has 4 nitrogen and oxygen atoms in total. The molecule has 4 N–H and O–H groups in total. The Morgan fingerprint density at radius 2 is 2.00 bits per heavy atom. The normalized spacial score (nSPS) is 13.4. The van der Waals surface area contributed by atoms with Crippen LogP contribution >= 0.6 is 12.4 Å². The van der Waals surface area contributed by atoms with Crippen molar-refractivity contribution in [2.24, 2.45) is 5.73 Å². The lowest BCUT2D eigenvalue weighted by Gasteiger charge is -2.17. The van der Waals surface area contributed by atoms with E-state index in [9.17, 15) is 9.90 Å². The highest BCUT2D eigenvalue weighted by Gasteiger charge is 2.13. The van der Waals surface area contributed by atoms with E-state index < -0.39 is 6.10 Å². The van der Waals surface area contributed by atoms with E-state index in [0.717, 1.165) is 5.56 Å². The lowest BCUT2D eigenvalue weighted by molar-refractivity contribution is -0.120. The number of nitrogens with two attached hydrogens (primary N) is 1. The summed E-state index contributed by atoms with van der Waals surface area (Å²) in [5.41, 5.74) is 6.05. The first-order valence-corrected chi connectivity index (χ1v) is 5.36. The lowest BCUT2D eigenvalue weighted by Crippen LogP contribution is -2.37. The van der Waals surface area contributed by atoms with Crippen LogP contribution in [0.2, 0.25) is 0 Å². The van der Waals surface area contributed by atoms with Gasteiger partial charge >= 0.3 is 0 Å². The molecule has 0 aromatic heterocycles. The number of amides is 1. The van der Waals surface area contributed by atoms with Gasteiger partial charge < -0.3 is 16.2 Å². The number of rotatable bonds is 5. The van der Waals surface area contributed by atoms with Crippen molar-refractivity contribution < 1.29 is 9.90 Å². The number of nitrogens with one attached hydrogen (secondary N) is 1. The van der Waals surface area contributed by atoms with Crippen LogP contribution in [0.1, 0.15) is 25.0 Å². The number of carbonyl (C=O) groups is 1. The number of hydrogen-bond donors (Lipinski definition) is 3. The van der Waals surface area contributed by atoms with Gasteiger partial charge in [-0.2, -0.15) is 0 Å². The Hall–Kier alpha value is -1.10. The topological polar surface area (TPSA) is 75.3 Å². The van der Waals surface area contributed by atoms with Gasteiger partial charge in [-0.1, -0.05) is 30.3 Å². The molecule has 17 heavy (non-hydrogen) atoms. The van der Waals surface area contributed by atoms with Crippen molar-refractivity contribution in [3.63, 3.8) is 0 Å². The molecule has 1 rings (SSSR count). The Morgan fingerprint density at radius 1 is 1.41 bits per heavy atom. The fourth-order valence-corrected chi connectivity index (χ4v) is 1.54. The SMILES string of the molecule is CC(CC(O)c1ccccc1)NC(=O)CN.Cl. The van der Waals surface area contributed by atoms with Crippen molar-refractivity contribution in [2.75, 3.05) is 6.54 Å². The third-order valence-electron chi connectivity index (χ3n) is 2.35. The Balaban J connectivity index is 0.00000256. The molecule has 0 heterocycles. The fraction of sp³-hybridized carbons (Fsp3) is 0.417. The van der Waals surface area contributed by atoms with Crippen molar-refractivity contribution in [3.8, 4) is 0 Å². The van der Waals surface area contributed by atoms with E-state index in [-0.39, 0.29) is 30.9 Å². The van der Waals surface area contributed by atoms with Gasteiger partial charge in [0.05, 0.1) is 12.6 Å². The van der Waals surface area contributed by atoms with Crippen molar-refractivity contribution in [2.45, 2.75) is 25.5 Å². The molecule has 0 aliphatic heterocycles. The molecule has 0 aliphatic rings.